The molecule has 0 aliphatic rings. The summed E-state index contributed by atoms with van der Waals surface area (Å²) in [6.45, 7) is 1.98. The lowest BCUT2D eigenvalue weighted by Crippen LogP contribution is -1.93. The Balaban J connectivity index is 1.97. The van der Waals surface area contributed by atoms with Crippen LogP contribution in [-0.2, 0) is 0 Å². The lowest BCUT2D eigenvalue weighted by atomic mass is 9.97. The van der Waals surface area contributed by atoms with E-state index in [-0.39, 0.29) is 5.82 Å². The Morgan fingerprint density at radius 1 is 0.957 bits per heavy atom. The molecule has 0 aliphatic heterocycles. The van der Waals surface area contributed by atoms with Gasteiger partial charge in [0.05, 0.1) is 17.4 Å². The van der Waals surface area contributed by atoms with E-state index in [9.17, 15) is 4.39 Å². The zero-order chi connectivity index (χ0) is 15.8. The van der Waals surface area contributed by atoms with Crippen LogP contribution < -0.4 is 0 Å². The summed E-state index contributed by atoms with van der Waals surface area (Å²) in [6.07, 6.45) is 3.55. The second-order valence-electron chi connectivity index (χ2n) is 5.56. The summed E-state index contributed by atoms with van der Waals surface area (Å²) >= 11 is 0. The van der Waals surface area contributed by atoms with E-state index in [0.29, 0.717) is 11.3 Å². The summed E-state index contributed by atoms with van der Waals surface area (Å²) in [6, 6.07) is 14.8. The molecule has 0 spiro atoms. The van der Waals surface area contributed by atoms with Gasteiger partial charge in [0.15, 0.2) is 0 Å². The number of nitrogens with one attached hydrogen (secondary N) is 1. The molecule has 0 fully saturated rings. The lowest BCUT2D eigenvalue weighted by molar-refractivity contribution is 0.631. The third-order valence-electron chi connectivity index (χ3n) is 3.90. The van der Waals surface area contributed by atoms with E-state index in [1.54, 1.807) is 24.5 Å². The molecular formula is C19H14FN3. The van der Waals surface area contributed by atoms with E-state index < -0.39 is 0 Å². The summed E-state index contributed by atoms with van der Waals surface area (Å²) in [7, 11) is 0. The summed E-state index contributed by atoms with van der Waals surface area (Å²) in [5.74, 6) is -0.269. The van der Waals surface area contributed by atoms with Gasteiger partial charge in [-0.25, -0.2) is 4.39 Å². The zero-order valence-electron chi connectivity index (χ0n) is 12.5. The molecule has 0 atom stereocenters. The maximum atomic E-state index is 14.2. The fourth-order valence-electron chi connectivity index (χ4n) is 2.77. The third-order valence-corrected chi connectivity index (χ3v) is 3.90. The van der Waals surface area contributed by atoms with E-state index in [1.807, 2.05) is 37.3 Å². The van der Waals surface area contributed by atoms with Gasteiger partial charge in [0.1, 0.15) is 5.82 Å². The largest absolute Gasteiger partial charge is 0.278 e. The second kappa shape index (κ2) is 5.32. The zero-order valence-corrected chi connectivity index (χ0v) is 12.5. The van der Waals surface area contributed by atoms with Gasteiger partial charge in [-0.15, -0.1) is 0 Å². The van der Waals surface area contributed by atoms with Crippen LogP contribution in [0.15, 0.2) is 60.9 Å². The van der Waals surface area contributed by atoms with Gasteiger partial charge < -0.3 is 0 Å². The highest BCUT2D eigenvalue weighted by Crippen LogP contribution is 2.33. The number of nitrogens with zero attached hydrogens (tertiary/aromatic N) is 2. The van der Waals surface area contributed by atoms with Crippen molar-refractivity contribution in [2.75, 3.05) is 0 Å². The van der Waals surface area contributed by atoms with Crippen LogP contribution >= 0.6 is 0 Å². The predicted octanol–water partition coefficient (Wildman–Crippen LogP) is 4.74. The SMILES string of the molecule is Cc1cnc(-c2ccccc2F)c(-c2ccc3[nH]ncc3c2)c1. The van der Waals surface area contributed by atoms with Crippen LogP contribution in [0.3, 0.4) is 0 Å². The molecule has 4 heteroatoms. The standard InChI is InChI=1S/C19H14FN3/c1-12-8-16(13-6-7-18-14(9-13)11-22-23-18)19(21-10-12)15-4-2-3-5-17(15)20/h2-11H,1H3,(H,22,23). The molecule has 23 heavy (non-hydrogen) atoms. The molecule has 0 bridgehead atoms. The average molecular weight is 303 g/mol. The van der Waals surface area contributed by atoms with E-state index >= 15 is 0 Å². The van der Waals surface area contributed by atoms with Crippen molar-refractivity contribution in [2.45, 2.75) is 6.92 Å². The molecule has 0 radical (unpaired) electrons. The molecule has 3 nitrogen and oxygen atoms in total. The molecule has 4 aromatic rings. The number of H-pyrrole nitrogens is 1. The van der Waals surface area contributed by atoms with Gasteiger partial charge in [0, 0.05) is 22.7 Å². The smallest absolute Gasteiger partial charge is 0.132 e. The first-order valence-electron chi connectivity index (χ1n) is 7.37. The number of aromatic nitrogens is 3. The van der Waals surface area contributed by atoms with Crippen molar-refractivity contribution in [1.82, 2.24) is 15.2 Å². The molecular weight excluding hydrogens is 289 g/mol. The quantitative estimate of drug-likeness (QED) is 0.581. The first-order chi connectivity index (χ1) is 11.2. The van der Waals surface area contributed by atoms with Crippen molar-refractivity contribution in [2.24, 2.45) is 0 Å². The number of aryl methyl sites for hydroxylation is 1. The number of aromatic amines is 1. The topological polar surface area (TPSA) is 41.6 Å². The molecule has 0 saturated carbocycles. The van der Waals surface area contributed by atoms with Gasteiger partial charge in [-0.1, -0.05) is 18.2 Å². The highest BCUT2D eigenvalue weighted by Gasteiger charge is 2.13. The molecule has 112 valence electrons. The van der Waals surface area contributed by atoms with Gasteiger partial charge in [0.2, 0.25) is 0 Å². The molecule has 0 aliphatic carbocycles. The van der Waals surface area contributed by atoms with Crippen molar-refractivity contribution >= 4 is 10.9 Å². The van der Waals surface area contributed by atoms with Crippen molar-refractivity contribution < 1.29 is 4.39 Å². The Labute approximate surface area is 132 Å². The molecule has 2 aromatic heterocycles. The Kier molecular flexibility index (Phi) is 3.15. The molecule has 0 saturated heterocycles. The summed E-state index contributed by atoms with van der Waals surface area (Å²) < 4.78 is 14.2. The second-order valence-corrected chi connectivity index (χ2v) is 5.56. The fourth-order valence-corrected chi connectivity index (χ4v) is 2.77. The minimum Gasteiger partial charge on any atom is -0.278 e. The summed E-state index contributed by atoms with van der Waals surface area (Å²) in [4.78, 5) is 4.49. The van der Waals surface area contributed by atoms with Gasteiger partial charge in [-0.3, -0.25) is 10.1 Å². The highest BCUT2D eigenvalue weighted by molar-refractivity contribution is 5.88. The van der Waals surface area contributed by atoms with Crippen LogP contribution in [0.2, 0.25) is 0 Å². The number of hydrogen-bond donors (Lipinski definition) is 1. The number of fused-ring (bicyclic) bond motifs is 1. The number of hydrogen-bond acceptors (Lipinski definition) is 2. The molecule has 1 N–H and O–H groups in total. The lowest BCUT2D eigenvalue weighted by Gasteiger charge is -2.11. The number of pyridine rings is 1. The van der Waals surface area contributed by atoms with Gasteiger partial charge in [0.25, 0.3) is 0 Å². The Hall–Kier alpha value is -3.01. The van der Waals surface area contributed by atoms with Crippen LogP contribution in [0.4, 0.5) is 4.39 Å². The molecule has 0 unspecified atom stereocenters. The fraction of sp³-hybridized carbons (Fsp3) is 0.0526. The normalized spacial score (nSPS) is 11.0. The Bertz CT molecular complexity index is 1000. The summed E-state index contributed by atoms with van der Waals surface area (Å²) in [5, 5.41) is 8.00. The van der Waals surface area contributed by atoms with Gasteiger partial charge >= 0.3 is 0 Å². The monoisotopic (exact) mass is 303 g/mol. The molecule has 4 rings (SSSR count). The van der Waals surface area contributed by atoms with Crippen molar-refractivity contribution in [1.29, 1.82) is 0 Å². The van der Waals surface area contributed by atoms with E-state index in [2.05, 4.69) is 15.2 Å². The molecule has 2 heterocycles. The third kappa shape index (κ3) is 2.38. The van der Waals surface area contributed by atoms with Gasteiger partial charge in [-0.05, 0) is 48.4 Å². The van der Waals surface area contributed by atoms with Crippen LogP contribution in [0.1, 0.15) is 5.56 Å². The Morgan fingerprint density at radius 3 is 2.70 bits per heavy atom. The Morgan fingerprint density at radius 2 is 1.83 bits per heavy atom. The maximum absolute atomic E-state index is 14.2. The number of rotatable bonds is 2. The maximum Gasteiger partial charge on any atom is 0.132 e. The minimum absolute atomic E-state index is 0.269. The molecule has 2 aromatic carbocycles. The van der Waals surface area contributed by atoms with Crippen LogP contribution in [0.25, 0.3) is 33.3 Å². The first kappa shape index (κ1) is 13.6. The van der Waals surface area contributed by atoms with Gasteiger partial charge in [-0.2, -0.15) is 5.10 Å². The number of benzene rings is 2. The number of halogens is 1. The van der Waals surface area contributed by atoms with Crippen LogP contribution in [0.5, 0.6) is 0 Å². The van der Waals surface area contributed by atoms with E-state index in [1.165, 1.54) is 6.07 Å². The first-order valence-corrected chi connectivity index (χ1v) is 7.37. The summed E-state index contributed by atoms with van der Waals surface area (Å²) in [5.41, 5.74) is 5.08. The average Bonchev–Trinajstić information content (AvgIpc) is 3.03. The highest BCUT2D eigenvalue weighted by atomic mass is 19.1. The minimum atomic E-state index is -0.269. The van der Waals surface area contributed by atoms with Crippen molar-refractivity contribution in [3.8, 4) is 22.4 Å². The van der Waals surface area contributed by atoms with Crippen LogP contribution in [-0.4, -0.2) is 15.2 Å². The van der Waals surface area contributed by atoms with Crippen molar-refractivity contribution in [3.63, 3.8) is 0 Å². The van der Waals surface area contributed by atoms with E-state index in [0.717, 1.165) is 27.6 Å². The van der Waals surface area contributed by atoms with Crippen LogP contribution in [0, 0.1) is 12.7 Å². The molecule has 0 amide bonds. The van der Waals surface area contributed by atoms with Crippen molar-refractivity contribution in [3.05, 3.63) is 72.3 Å². The van der Waals surface area contributed by atoms with E-state index in [4.69, 9.17) is 0 Å². The predicted molar refractivity (Wildman–Crippen MR) is 89.5 cm³/mol.